The number of benzene rings is 3. The number of halogens is 2. The van der Waals surface area contributed by atoms with Gasteiger partial charge in [0.1, 0.15) is 17.6 Å². The molecule has 3 aromatic carbocycles. The van der Waals surface area contributed by atoms with E-state index in [4.69, 9.17) is 21.1 Å². The van der Waals surface area contributed by atoms with Crippen molar-refractivity contribution in [2.45, 2.75) is 50.8 Å². The molecule has 0 fully saturated rings. The molecule has 1 unspecified atom stereocenters. The molecule has 0 radical (unpaired) electrons. The molecule has 12 heteroatoms. The zero-order chi connectivity index (χ0) is 30.7. The van der Waals surface area contributed by atoms with Gasteiger partial charge in [-0.3, -0.25) is 14.3 Å². The number of carbonyl (C=O) groups excluding carboxylic acids is 2. The van der Waals surface area contributed by atoms with Crippen molar-refractivity contribution in [1.82, 2.24) is 10.2 Å². The second kappa shape index (κ2) is 15.5. The second-order valence-electron chi connectivity index (χ2n) is 9.76. The van der Waals surface area contributed by atoms with Crippen molar-refractivity contribution >= 4 is 39.1 Å². The lowest BCUT2D eigenvalue weighted by atomic mass is 10.1. The van der Waals surface area contributed by atoms with E-state index in [1.54, 1.807) is 31.2 Å². The van der Waals surface area contributed by atoms with Crippen LogP contribution in [0, 0.1) is 5.82 Å². The molecule has 0 bridgehead atoms. The molecule has 1 atom stereocenters. The lowest BCUT2D eigenvalue weighted by Crippen LogP contribution is -2.49. The summed E-state index contributed by atoms with van der Waals surface area (Å²) in [5.41, 5.74) is 0.992. The minimum Gasteiger partial charge on any atom is -0.484 e. The smallest absolute Gasteiger partial charge is 0.261 e. The van der Waals surface area contributed by atoms with Gasteiger partial charge in [0.15, 0.2) is 6.61 Å². The largest absolute Gasteiger partial charge is 0.484 e. The maximum absolute atomic E-state index is 13.3. The quantitative estimate of drug-likeness (QED) is 0.231. The highest BCUT2D eigenvalue weighted by atomic mass is 35.5. The van der Waals surface area contributed by atoms with Gasteiger partial charge in [0.05, 0.1) is 11.0 Å². The third-order valence-corrected chi connectivity index (χ3v) is 7.75. The molecule has 0 spiro atoms. The minimum absolute atomic E-state index is 0.0426. The van der Waals surface area contributed by atoms with Crippen molar-refractivity contribution in [2.75, 3.05) is 24.5 Å². The Morgan fingerprint density at radius 2 is 1.60 bits per heavy atom. The molecule has 0 saturated heterocycles. The lowest BCUT2D eigenvalue weighted by Gasteiger charge is -2.28. The summed E-state index contributed by atoms with van der Waals surface area (Å²) in [6.45, 7) is 6.20. The predicted molar refractivity (Wildman–Crippen MR) is 159 cm³/mol. The van der Waals surface area contributed by atoms with Crippen molar-refractivity contribution in [2.24, 2.45) is 0 Å². The van der Waals surface area contributed by atoms with Crippen LogP contribution in [0.3, 0.4) is 0 Å². The van der Waals surface area contributed by atoms with Crippen LogP contribution in [0.15, 0.2) is 77.7 Å². The summed E-state index contributed by atoms with van der Waals surface area (Å²) in [6.07, 6.45) is 0.738. The molecule has 0 aliphatic carbocycles. The fourth-order valence-corrected chi connectivity index (χ4v) is 4.98. The summed E-state index contributed by atoms with van der Waals surface area (Å²) >= 11 is 6.00. The highest BCUT2D eigenvalue weighted by molar-refractivity contribution is 7.92. The van der Waals surface area contributed by atoms with E-state index in [2.05, 4.69) is 10.0 Å². The Kier molecular flexibility index (Phi) is 12.1. The summed E-state index contributed by atoms with van der Waals surface area (Å²) in [7, 11) is -3.93. The maximum Gasteiger partial charge on any atom is 0.261 e. The fourth-order valence-electron chi connectivity index (χ4n) is 3.79. The monoisotopic (exact) mass is 619 g/mol. The Balaban J connectivity index is 1.63. The molecule has 0 saturated carbocycles. The Morgan fingerprint density at radius 3 is 2.21 bits per heavy atom. The molecule has 9 nitrogen and oxygen atoms in total. The van der Waals surface area contributed by atoms with Gasteiger partial charge < -0.3 is 19.7 Å². The first-order chi connectivity index (χ1) is 19.9. The van der Waals surface area contributed by atoms with E-state index < -0.39 is 27.8 Å². The average Bonchev–Trinajstić information content (AvgIpc) is 2.96. The number of rotatable bonds is 15. The van der Waals surface area contributed by atoms with E-state index in [-0.39, 0.29) is 41.5 Å². The van der Waals surface area contributed by atoms with Gasteiger partial charge in [-0.05, 0) is 93.4 Å². The first-order valence-corrected chi connectivity index (χ1v) is 15.2. The van der Waals surface area contributed by atoms with E-state index in [0.29, 0.717) is 24.6 Å². The normalized spacial score (nSPS) is 12.0. The molecule has 2 amide bonds. The highest BCUT2D eigenvalue weighted by Gasteiger charge is 2.26. The number of hydrogen-bond acceptors (Lipinski definition) is 6. The third kappa shape index (κ3) is 10.3. The van der Waals surface area contributed by atoms with Crippen LogP contribution in [0.25, 0.3) is 0 Å². The predicted octanol–water partition coefficient (Wildman–Crippen LogP) is 5.01. The van der Waals surface area contributed by atoms with Crippen molar-refractivity contribution in [3.05, 3.63) is 89.2 Å². The van der Waals surface area contributed by atoms with Crippen molar-refractivity contribution in [1.29, 1.82) is 0 Å². The fraction of sp³-hybridized carbons (Fsp3) is 0.333. The molecule has 0 aliphatic heterocycles. The van der Waals surface area contributed by atoms with Crippen LogP contribution in [0.1, 0.15) is 32.8 Å². The number of hydrogen-bond donors (Lipinski definition) is 2. The zero-order valence-electron chi connectivity index (χ0n) is 23.7. The van der Waals surface area contributed by atoms with Gasteiger partial charge in [-0.1, -0.05) is 23.7 Å². The van der Waals surface area contributed by atoms with E-state index in [1.165, 1.54) is 41.3 Å². The van der Waals surface area contributed by atoms with Crippen LogP contribution >= 0.6 is 11.6 Å². The van der Waals surface area contributed by atoms with Gasteiger partial charge in [-0.15, -0.1) is 0 Å². The molecule has 42 heavy (non-hydrogen) atoms. The minimum atomic E-state index is -3.93. The van der Waals surface area contributed by atoms with Crippen LogP contribution in [0.2, 0.25) is 5.02 Å². The summed E-state index contributed by atoms with van der Waals surface area (Å²) < 4.78 is 52.0. The number of ether oxygens (including phenoxy) is 2. The van der Waals surface area contributed by atoms with E-state index >= 15 is 0 Å². The average molecular weight is 620 g/mol. The standard InChI is InChI=1S/C30H35ClFN3O6S/c1-21(2)40-18-4-17-33-30(37)22(3)35(19-23-5-7-24(31)8-6-23)29(36)20-41-27-13-15-28(16-14-27)42(38,39)34-26-11-9-25(32)10-12-26/h5-16,21-22,34H,4,17-20H2,1-3H3,(H,33,37). The van der Waals surface area contributed by atoms with Gasteiger partial charge in [-0.25, -0.2) is 12.8 Å². The van der Waals surface area contributed by atoms with Crippen LogP contribution in [-0.2, 0) is 30.9 Å². The summed E-state index contributed by atoms with van der Waals surface area (Å²) in [5.74, 6) is -0.976. The topological polar surface area (TPSA) is 114 Å². The zero-order valence-corrected chi connectivity index (χ0v) is 25.3. The van der Waals surface area contributed by atoms with E-state index in [1.807, 2.05) is 13.8 Å². The number of anilines is 1. The Bertz CT molecular complexity index is 1420. The molecule has 0 heterocycles. The van der Waals surface area contributed by atoms with Gasteiger partial charge in [0.25, 0.3) is 15.9 Å². The molecular formula is C30H35ClFN3O6S. The molecule has 226 valence electrons. The summed E-state index contributed by atoms with van der Waals surface area (Å²) in [6, 6.07) is 16.6. The Labute approximate surface area is 251 Å². The Hall–Kier alpha value is -3.67. The molecular weight excluding hydrogens is 585 g/mol. The highest BCUT2D eigenvalue weighted by Crippen LogP contribution is 2.20. The molecule has 2 N–H and O–H groups in total. The van der Waals surface area contributed by atoms with Gasteiger partial charge in [-0.2, -0.15) is 0 Å². The van der Waals surface area contributed by atoms with Crippen LogP contribution in [-0.4, -0.2) is 57.0 Å². The SMILES string of the molecule is CC(C)OCCCNC(=O)C(C)N(Cc1ccc(Cl)cc1)C(=O)COc1ccc(S(=O)(=O)Nc2ccc(F)cc2)cc1. The molecule has 3 rings (SSSR count). The molecule has 3 aromatic rings. The maximum atomic E-state index is 13.3. The van der Waals surface area contributed by atoms with Crippen molar-refractivity contribution in [3.63, 3.8) is 0 Å². The number of nitrogens with zero attached hydrogens (tertiary/aromatic N) is 1. The van der Waals surface area contributed by atoms with E-state index in [0.717, 1.165) is 17.7 Å². The van der Waals surface area contributed by atoms with Gasteiger partial charge >= 0.3 is 0 Å². The van der Waals surface area contributed by atoms with Gasteiger partial charge in [0.2, 0.25) is 5.91 Å². The lowest BCUT2D eigenvalue weighted by molar-refractivity contribution is -0.142. The molecule has 0 aliphatic rings. The second-order valence-corrected chi connectivity index (χ2v) is 11.9. The Morgan fingerprint density at radius 1 is 0.952 bits per heavy atom. The molecule has 0 aromatic heterocycles. The number of sulfonamides is 1. The first kappa shape index (κ1) is 32.8. The number of nitrogens with one attached hydrogen (secondary N) is 2. The van der Waals surface area contributed by atoms with Crippen molar-refractivity contribution < 1.29 is 31.9 Å². The van der Waals surface area contributed by atoms with Gasteiger partial charge in [0, 0.05) is 30.4 Å². The first-order valence-electron chi connectivity index (χ1n) is 13.4. The van der Waals surface area contributed by atoms with Crippen LogP contribution in [0.4, 0.5) is 10.1 Å². The number of amides is 2. The summed E-state index contributed by atoms with van der Waals surface area (Å²) in [4.78, 5) is 27.5. The van der Waals surface area contributed by atoms with Crippen LogP contribution in [0.5, 0.6) is 5.75 Å². The van der Waals surface area contributed by atoms with Crippen LogP contribution < -0.4 is 14.8 Å². The summed E-state index contributed by atoms with van der Waals surface area (Å²) in [5, 5.41) is 3.39. The third-order valence-electron chi connectivity index (χ3n) is 6.10. The van der Waals surface area contributed by atoms with E-state index in [9.17, 15) is 22.4 Å². The van der Waals surface area contributed by atoms with Crippen molar-refractivity contribution in [3.8, 4) is 5.75 Å². The number of carbonyl (C=O) groups is 2.